The molecule has 0 radical (unpaired) electrons. The molecule has 0 saturated carbocycles. The molecule has 1 fully saturated rings. The van der Waals surface area contributed by atoms with E-state index in [1.165, 1.54) is 11.1 Å². The third-order valence-electron chi connectivity index (χ3n) is 5.50. The molecule has 3 rings (SSSR count). The van der Waals surface area contributed by atoms with Crippen LogP contribution in [0.3, 0.4) is 0 Å². The Morgan fingerprint density at radius 3 is 2.23 bits per heavy atom. The van der Waals surface area contributed by atoms with Crippen LogP contribution in [0.15, 0.2) is 60.7 Å². The fourth-order valence-corrected chi connectivity index (χ4v) is 3.88. The van der Waals surface area contributed by atoms with E-state index < -0.39 is 5.79 Å². The molecule has 2 atom stereocenters. The molecule has 2 aromatic rings. The van der Waals surface area contributed by atoms with Gasteiger partial charge in [-0.1, -0.05) is 74.0 Å². The van der Waals surface area contributed by atoms with E-state index in [4.69, 9.17) is 18.9 Å². The minimum Gasteiger partial charge on any atom is -0.374 e. The molecular weight excluding hydrogens is 376 g/mol. The van der Waals surface area contributed by atoms with Crippen LogP contribution >= 0.6 is 0 Å². The zero-order valence-corrected chi connectivity index (χ0v) is 18.3. The average molecular weight is 413 g/mol. The van der Waals surface area contributed by atoms with Gasteiger partial charge in [-0.05, 0) is 30.4 Å². The lowest BCUT2D eigenvalue weighted by atomic mass is 9.96. The molecule has 4 nitrogen and oxygen atoms in total. The summed E-state index contributed by atoms with van der Waals surface area (Å²) in [6.07, 6.45) is 6.32. The van der Waals surface area contributed by atoms with E-state index in [0.717, 1.165) is 38.5 Å². The smallest absolute Gasteiger partial charge is 0.168 e. The van der Waals surface area contributed by atoms with Crippen molar-refractivity contribution in [2.24, 2.45) is 0 Å². The van der Waals surface area contributed by atoms with E-state index in [2.05, 4.69) is 31.2 Å². The first-order valence-corrected chi connectivity index (χ1v) is 11.3. The lowest BCUT2D eigenvalue weighted by molar-refractivity contribution is -0.292. The van der Waals surface area contributed by atoms with Crippen LogP contribution in [0.2, 0.25) is 0 Å². The highest BCUT2D eigenvalue weighted by molar-refractivity contribution is 5.14. The minimum absolute atomic E-state index is 0.0876. The van der Waals surface area contributed by atoms with Crippen LogP contribution in [-0.2, 0) is 32.2 Å². The quantitative estimate of drug-likeness (QED) is 0.384. The van der Waals surface area contributed by atoms with Gasteiger partial charge in [-0.15, -0.1) is 0 Å². The highest BCUT2D eigenvalue weighted by Gasteiger charge is 2.37. The Labute approximate surface area is 181 Å². The van der Waals surface area contributed by atoms with Crippen LogP contribution in [0.4, 0.5) is 0 Å². The largest absolute Gasteiger partial charge is 0.374 e. The molecule has 30 heavy (non-hydrogen) atoms. The Bertz CT molecular complexity index is 691. The second-order valence-corrected chi connectivity index (χ2v) is 8.03. The van der Waals surface area contributed by atoms with Crippen LogP contribution in [0.5, 0.6) is 0 Å². The molecule has 0 N–H and O–H groups in total. The molecule has 0 aromatic heterocycles. The lowest BCUT2D eigenvalue weighted by Gasteiger charge is -2.41. The maximum Gasteiger partial charge on any atom is 0.168 e. The summed E-state index contributed by atoms with van der Waals surface area (Å²) in [6, 6.07) is 20.5. The van der Waals surface area contributed by atoms with Gasteiger partial charge in [0, 0.05) is 12.8 Å². The van der Waals surface area contributed by atoms with E-state index >= 15 is 0 Å². The summed E-state index contributed by atoms with van der Waals surface area (Å²) in [5, 5.41) is 0. The predicted octanol–water partition coefficient (Wildman–Crippen LogP) is 5.89. The fraction of sp³-hybridized carbons (Fsp3) is 0.538. The maximum absolute atomic E-state index is 6.48. The monoisotopic (exact) mass is 412 g/mol. The van der Waals surface area contributed by atoms with E-state index in [9.17, 15) is 0 Å². The number of ether oxygens (including phenoxy) is 4. The second-order valence-electron chi connectivity index (χ2n) is 8.03. The highest BCUT2D eigenvalue weighted by Crippen LogP contribution is 2.34. The van der Waals surface area contributed by atoms with E-state index in [1.54, 1.807) is 0 Å². The third kappa shape index (κ3) is 7.84. The third-order valence-corrected chi connectivity index (χ3v) is 5.50. The SMILES string of the molecule is CCCCC1(OCCOCc2ccccc2)CCCC(COCc2ccccc2)O1. The molecule has 0 bridgehead atoms. The first kappa shape index (κ1) is 23.0. The molecule has 2 aromatic carbocycles. The van der Waals surface area contributed by atoms with Gasteiger partial charge >= 0.3 is 0 Å². The summed E-state index contributed by atoms with van der Waals surface area (Å²) in [7, 11) is 0. The van der Waals surface area contributed by atoms with Crippen molar-refractivity contribution >= 4 is 0 Å². The predicted molar refractivity (Wildman–Crippen MR) is 119 cm³/mol. The first-order chi connectivity index (χ1) is 14.8. The van der Waals surface area contributed by atoms with Crippen LogP contribution in [0, 0.1) is 0 Å². The molecule has 1 aliphatic rings. The number of rotatable bonds is 13. The molecule has 1 aliphatic heterocycles. The zero-order chi connectivity index (χ0) is 20.9. The molecule has 0 spiro atoms. The summed E-state index contributed by atoms with van der Waals surface area (Å²) in [5.41, 5.74) is 2.38. The van der Waals surface area contributed by atoms with Crippen molar-refractivity contribution in [2.75, 3.05) is 19.8 Å². The summed E-state index contributed by atoms with van der Waals surface area (Å²) < 4.78 is 24.5. The van der Waals surface area contributed by atoms with E-state index in [0.29, 0.717) is 33.0 Å². The van der Waals surface area contributed by atoms with E-state index in [-0.39, 0.29) is 6.10 Å². The second kappa shape index (κ2) is 12.9. The van der Waals surface area contributed by atoms with Crippen molar-refractivity contribution in [3.63, 3.8) is 0 Å². The number of unbranched alkanes of at least 4 members (excludes halogenated alkanes) is 1. The molecule has 4 heteroatoms. The van der Waals surface area contributed by atoms with Crippen molar-refractivity contribution in [3.8, 4) is 0 Å². The van der Waals surface area contributed by atoms with Gasteiger partial charge in [0.2, 0.25) is 0 Å². The Kier molecular flexibility index (Phi) is 9.84. The van der Waals surface area contributed by atoms with Crippen LogP contribution < -0.4 is 0 Å². The van der Waals surface area contributed by atoms with Gasteiger partial charge in [0.1, 0.15) is 0 Å². The molecule has 0 amide bonds. The molecule has 2 unspecified atom stereocenters. The Balaban J connectivity index is 1.42. The standard InChI is InChI=1S/C26H36O4/c1-2-3-16-26(29-19-18-27-20-23-11-6-4-7-12-23)17-10-15-25(30-26)22-28-21-24-13-8-5-9-14-24/h4-9,11-14,25H,2-3,10,15-22H2,1H3. The molecule has 1 heterocycles. The summed E-state index contributed by atoms with van der Waals surface area (Å²) in [6.45, 7) is 5.17. The van der Waals surface area contributed by atoms with Crippen molar-refractivity contribution in [2.45, 2.75) is 70.6 Å². The average Bonchev–Trinajstić information content (AvgIpc) is 2.79. The Hall–Kier alpha value is -1.72. The van der Waals surface area contributed by atoms with Gasteiger partial charge in [-0.2, -0.15) is 0 Å². The van der Waals surface area contributed by atoms with Gasteiger partial charge in [0.05, 0.1) is 39.1 Å². The topological polar surface area (TPSA) is 36.9 Å². The van der Waals surface area contributed by atoms with Gasteiger partial charge in [-0.25, -0.2) is 0 Å². The van der Waals surface area contributed by atoms with Crippen LogP contribution in [0.25, 0.3) is 0 Å². The number of benzene rings is 2. The first-order valence-electron chi connectivity index (χ1n) is 11.3. The molecule has 164 valence electrons. The Morgan fingerprint density at radius 2 is 1.57 bits per heavy atom. The Morgan fingerprint density at radius 1 is 0.900 bits per heavy atom. The highest BCUT2D eigenvalue weighted by atomic mass is 16.7. The van der Waals surface area contributed by atoms with Crippen molar-refractivity contribution in [1.29, 1.82) is 0 Å². The van der Waals surface area contributed by atoms with Gasteiger partial charge in [0.25, 0.3) is 0 Å². The molecule has 0 aliphatic carbocycles. The molecule has 1 saturated heterocycles. The fourth-order valence-electron chi connectivity index (χ4n) is 3.88. The zero-order valence-electron chi connectivity index (χ0n) is 18.3. The van der Waals surface area contributed by atoms with Crippen molar-refractivity contribution < 1.29 is 18.9 Å². The van der Waals surface area contributed by atoms with Gasteiger partial charge < -0.3 is 18.9 Å². The maximum atomic E-state index is 6.48. The number of hydrogen-bond acceptors (Lipinski definition) is 4. The van der Waals surface area contributed by atoms with E-state index in [1.807, 2.05) is 36.4 Å². The minimum atomic E-state index is -0.495. The summed E-state index contributed by atoms with van der Waals surface area (Å²) in [4.78, 5) is 0. The summed E-state index contributed by atoms with van der Waals surface area (Å²) in [5.74, 6) is -0.495. The van der Waals surface area contributed by atoms with Gasteiger partial charge in [-0.3, -0.25) is 0 Å². The van der Waals surface area contributed by atoms with Crippen molar-refractivity contribution in [1.82, 2.24) is 0 Å². The summed E-state index contributed by atoms with van der Waals surface area (Å²) >= 11 is 0. The van der Waals surface area contributed by atoms with Crippen LogP contribution in [-0.4, -0.2) is 31.7 Å². The normalized spacial score (nSPS) is 21.6. The van der Waals surface area contributed by atoms with Crippen molar-refractivity contribution in [3.05, 3.63) is 71.8 Å². The van der Waals surface area contributed by atoms with Gasteiger partial charge in [0.15, 0.2) is 5.79 Å². The number of hydrogen-bond donors (Lipinski definition) is 0. The molecular formula is C26H36O4. The van der Waals surface area contributed by atoms with Crippen LogP contribution in [0.1, 0.15) is 56.6 Å². The lowest BCUT2D eigenvalue weighted by Crippen LogP contribution is -2.45.